The van der Waals surface area contributed by atoms with Crippen LogP contribution in [-0.4, -0.2) is 22.5 Å². The van der Waals surface area contributed by atoms with E-state index in [9.17, 15) is 0 Å². The highest BCUT2D eigenvalue weighted by atomic mass is 15.2. The molecule has 92 valence electrons. The highest BCUT2D eigenvalue weighted by molar-refractivity contribution is 4.91. The Morgan fingerprint density at radius 2 is 1.07 bits per heavy atom. The van der Waals surface area contributed by atoms with Crippen LogP contribution < -0.4 is 0 Å². The smallest absolute Gasteiger partial charge is 0.0158 e. The Kier molecular flexibility index (Phi) is 5.87. The van der Waals surface area contributed by atoms with Gasteiger partial charge in [0.05, 0.1) is 0 Å². The van der Waals surface area contributed by atoms with E-state index in [-0.39, 0.29) is 0 Å². The van der Waals surface area contributed by atoms with E-state index in [1.165, 1.54) is 25.7 Å². The van der Waals surface area contributed by atoms with Crippen molar-refractivity contribution in [3.05, 3.63) is 0 Å². The molecule has 0 aliphatic carbocycles. The average Bonchev–Trinajstić information content (AvgIpc) is 2.02. The number of hydrogen-bond donors (Lipinski definition) is 0. The molecule has 0 heterocycles. The fraction of sp³-hybridized carbons (Fsp3) is 1.00. The van der Waals surface area contributed by atoms with Crippen molar-refractivity contribution < 1.29 is 0 Å². The van der Waals surface area contributed by atoms with Crippen LogP contribution in [0.1, 0.15) is 74.1 Å². The highest BCUT2D eigenvalue weighted by Crippen LogP contribution is 2.31. The molecule has 0 saturated heterocycles. The minimum atomic E-state index is 0.335. The summed E-state index contributed by atoms with van der Waals surface area (Å²) in [6.45, 7) is 17.5. The summed E-state index contributed by atoms with van der Waals surface area (Å²) in [5, 5.41) is 0. The largest absolute Gasteiger partial charge is 0.293 e. The van der Waals surface area contributed by atoms with Crippen LogP contribution >= 0.6 is 0 Å². The van der Waals surface area contributed by atoms with Crippen molar-refractivity contribution in [3.8, 4) is 0 Å². The predicted molar refractivity (Wildman–Crippen MR) is 70.4 cm³/mol. The van der Waals surface area contributed by atoms with Crippen LogP contribution in [0.3, 0.4) is 0 Å². The van der Waals surface area contributed by atoms with Crippen LogP contribution in [0, 0.1) is 0 Å². The minimum Gasteiger partial charge on any atom is -0.293 e. The van der Waals surface area contributed by atoms with Crippen LogP contribution in [0.2, 0.25) is 0 Å². The summed E-state index contributed by atoms with van der Waals surface area (Å²) < 4.78 is 0. The first kappa shape index (κ1) is 15.0. The summed E-state index contributed by atoms with van der Waals surface area (Å²) in [7, 11) is 0. The Bertz CT molecular complexity index is 152. The topological polar surface area (TPSA) is 3.24 Å². The maximum absolute atomic E-state index is 2.67. The van der Waals surface area contributed by atoms with Crippen molar-refractivity contribution in [2.45, 2.75) is 85.2 Å². The van der Waals surface area contributed by atoms with Crippen LogP contribution in [0.15, 0.2) is 0 Å². The van der Waals surface area contributed by atoms with Gasteiger partial charge in [-0.05, 0) is 47.1 Å². The second-order valence-electron chi connectivity index (χ2n) is 5.87. The van der Waals surface area contributed by atoms with Gasteiger partial charge in [0.15, 0.2) is 0 Å². The van der Waals surface area contributed by atoms with E-state index in [2.05, 4.69) is 53.4 Å². The van der Waals surface area contributed by atoms with Crippen LogP contribution in [-0.2, 0) is 0 Å². The molecule has 1 nitrogen and oxygen atoms in total. The lowest BCUT2D eigenvalue weighted by molar-refractivity contribution is 0.0103. The molecule has 0 saturated carbocycles. The van der Waals surface area contributed by atoms with Gasteiger partial charge in [-0.3, -0.25) is 4.90 Å². The Hall–Kier alpha value is -0.0400. The Balaban J connectivity index is 4.72. The van der Waals surface area contributed by atoms with Crippen LogP contribution in [0.4, 0.5) is 0 Å². The van der Waals surface area contributed by atoms with Gasteiger partial charge in [-0.25, -0.2) is 0 Å². The third-order valence-electron chi connectivity index (χ3n) is 3.50. The second-order valence-corrected chi connectivity index (χ2v) is 5.87. The lowest BCUT2D eigenvalue weighted by Gasteiger charge is -2.48. The van der Waals surface area contributed by atoms with E-state index in [4.69, 9.17) is 0 Å². The fourth-order valence-electron chi connectivity index (χ4n) is 3.17. The van der Waals surface area contributed by atoms with Gasteiger partial charge in [0.25, 0.3) is 0 Å². The monoisotopic (exact) mass is 213 g/mol. The van der Waals surface area contributed by atoms with Crippen molar-refractivity contribution in [1.29, 1.82) is 0 Å². The maximum atomic E-state index is 2.67. The number of nitrogens with zero attached hydrogens (tertiary/aromatic N) is 1. The van der Waals surface area contributed by atoms with Gasteiger partial charge in [0.2, 0.25) is 0 Å². The molecular weight excluding hydrogens is 182 g/mol. The summed E-state index contributed by atoms with van der Waals surface area (Å²) >= 11 is 0. The number of rotatable bonds is 7. The van der Waals surface area contributed by atoms with Gasteiger partial charge >= 0.3 is 0 Å². The summed E-state index contributed by atoms with van der Waals surface area (Å²) in [4.78, 5) is 2.67. The van der Waals surface area contributed by atoms with Crippen LogP contribution in [0.5, 0.6) is 0 Å². The van der Waals surface area contributed by atoms with E-state index >= 15 is 0 Å². The molecule has 0 aromatic heterocycles. The van der Waals surface area contributed by atoms with Gasteiger partial charge in [-0.1, -0.05) is 33.6 Å². The van der Waals surface area contributed by atoms with E-state index in [1.54, 1.807) is 0 Å². The van der Waals surface area contributed by atoms with Crippen molar-refractivity contribution in [3.63, 3.8) is 0 Å². The molecule has 0 bridgehead atoms. The molecule has 0 aromatic carbocycles. The van der Waals surface area contributed by atoms with Gasteiger partial charge in [-0.2, -0.15) is 0 Å². The molecule has 0 aromatic rings. The molecular formula is C14H31N. The van der Waals surface area contributed by atoms with Gasteiger partial charge < -0.3 is 0 Å². The molecule has 0 rings (SSSR count). The third-order valence-corrected chi connectivity index (χ3v) is 3.50. The molecule has 0 amide bonds. The van der Waals surface area contributed by atoms with Crippen LogP contribution in [0.25, 0.3) is 0 Å². The van der Waals surface area contributed by atoms with E-state index in [1.807, 2.05) is 0 Å². The molecule has 0 fully saturated rings. The van der Waals surface area contributed by atoms with E-state index < -0.39 is 0 Å². The molecule has 0 atom stereocenters. The first-order valence-corrected chi connectivity index (χ1v) is 6.59. The lowest BCUT2D eigenvalue weighted by atomic mass is 9.87. The summed E-state index contributed by atoms with van der Waals surface area (Å²) in [5.41, 5.74) is 0.671. The normalized spacial score (nSPS) is 13.6. The SMILES string of the molecule is CCCC(C)(C)N(CC)C(C)(C)CCC. The fourth-order valence-corrected chi connectivity index (χ4v) is 3.17. The number of hydrogen-bond acceptors (Lipinski definition) is 1. The quantitative estimate of drug-likeness (QED) is 0.603. The first-order valence-electron chi connectivity index (χ1n) is 6.59. The zero-order chi connectivity index (χ0) is 12.1. The molecule has 0 unspecified atom stereocenters. The van der Waals surface area contributed by atoms with Crippen molar-refractivity contribution in [2.75, 3.05) is 6.54 Å². The van der Waals surface area contributed by atoms with E-state index in [0.29, 0.717) is 11.1 Å². The van der Waals surface area contributed by atoms with Gasteiger partial charge in [0, 0.05) is 11.1 Å². The molecule has 0 spiro atoms. The zero-order valence-electron chi connectivity index (χ0n) is 12.0. The molecule has 1 heteroatoms. The molecule has 0 aliphatic heterocycles. The molecule has 0 radical (unpaired) electrons. The first-order chi connectivity index (χ1) is 6.81. The summed E-state index contributed by atoms with van der Waals surface area (Å²) in [6, 6.07) is 0. The zero-order valence-corrected chi connectivity index (χ0v) is 12.0. The second kappa shape index (κ2) is 5.89. The van der Waals surface area contributed by atoms with Gasteiger partial charge in [0.1, 0.15) is 0 Å². The molecule has 0 aliphatic rings. The highest BCUT2D eigenvalue weighted by Gasteiger charge is 2.35. The van der Waals surface area contributed by atoms with Gasteiger partial charge in [-0.15, -0.1) is 0 Å². The van der Waals surface area contributed by atoms with Crippen molar-refractivity contribution in [2.24, 2.45) is 0 Å². The average molecular weight is 213 g/mol. The summed E-state index contributed by atoms with van der Waals surface area (Å²) in [6.07, 6.45) is 5.11. The lowest BCUT2D eigenvalue weighted by Crippen LogP contribution is -2.55. The predicted octanol–water partition coefficient (Wildman–Crippen LogP) is 4.47. The third kappa shape index (κ3) is 4.14. The molecule has 0 N–H and O–H groups in total. The Morgan fingerprint density at radius 1 is 0.733 bits per heavy atom. The molecule has 15 heavy (non-hydrogen) atoms. The maximum Gasteiger partial charge on any atom is 0.0158 e. The standard InChI is InChI=1S/C14H31N/c1-8-11-13(4,5)15(10-3)14(6,7)12-9-2/h8-12H2,1-7H3. The van der Waals surface area contributed by atoms with Crippen molar-refractivity contribution >= 4 is 0 Å². The van der Waals surface area contributed by atoms with E-state index in [0.717, 1.165) is 6.54 Å². The van der Waals surface area contributed by atoms with Crippen molar-refractivity contribution in [1.82, 2.24) is 4.90 Å². The Labute approximate surface area is 97.2 Å². The Morgan fingerprint density at radius 3 is 1.27 bits per heavy atom. The minimum absolute atomic E-state index is 0.335. The summed E-state index contributed by atoms with van der Waals surface area (Å²) in [5.74, 6) is 0.